The van der Waals surface area contributed by atoms with Crippen molar-refractivity contribution in [2.45, 2.75) is 13.0 Å². The van der Waals surface area contributed by atoms with Gasteiger partial charge in [0.1, 0.15) is 0 Å². The van der Waals surface area contributed by atoms with Crippen LogP contribution in [0.5, 0.6) is 0 Å². The van der Waals surface area contributed by atoms with Crippen LogP contribution in [0.25, 0.3) is 0 Å². The lowest BCUT2D eigenvalue weighted by Gasteiger charge is -2.26. The highest BCUT2D eigenvalue weighted by molar-refractivity contribution is 6.05. The Balaban J connectivity index is 2.34. The number of anilines is 1. The normalized spacial score (nSPS) is 16.0. The summed E-state index contributed by atoms with van der Waals surface area (Å²) in [6.45, 7) is 0.137. The smallest absolute Gasteiger partial charge is 0.326 e. The first-order chi connectivity index (χ1) is 8.13. The second-order valence-electron chi connectivity index (χ2n) is 3.59. The van der Waals surface area contributed by atoms with Gasteiger partial charge in [-0.1, -0.05) is 0 Å². The predicted molar refractivity (Wildman–Crippen MR) is 57.6 cm³/mol. The molecule has 3 N–H and O–H groups in total. The van der Waals surface area contributed by atoms with E-state index >= 15 is 0 Å². The molecule has 2 heterocycles. The van der Waals surface area contributed by atoms with Crippen molar-refractivity contribution in [1.29, 1.82) is 0 Å². The number of imide groups is 1. The van der Waals surface area contributed by atoms with Crippen LogP contribution >= 0.6 is 0 Å². The number of nitrogens with one attached hydrogen (secondary N) is 1. The van der Waals surface area contributed by atoms with Crippen LogP contribution in [0.1, 0.15) is 12.0 Å². The van der Waals surface area contributed by atoms with Crippen molar-refractivity contribution in [1.82, 2.24) is 10.3 Å². The second kappa shape index (κ2) is 4.46. The summed E-state index contributed by atoms with van der Waals surface area (Å²) in [5.74, 6) is -0.943. The van der Waals surface area contributed by atoms with Crippen molar-refractivity contribution in [3.05, 3.63) is 23.8 Å². The van der Waals surface area contributed by atoms with Gasteiger partial charge in [0.25, 0.3) is 0 Å². The van der Waals surface area contributed by atoms with E-state index < -0.39 is 11.8 Å². The van der Waals surface area contributed by atoms with Crippen LogP contribution in [0.3, 0.4) is 0 Å². The third kappa shape index (κ3) is 2.09. The Hall–Kier alpha value is -2.02. The number of amides is 3. The standard InChI is InChI=1S/C10H11FN4O2/c11-9-6(3-12)4-13-5-7(9)15-2-1-8(16)14-10(15)17/h4-5H,1-3,12H2,(H,14,16,17). The highest BCUT2D eigenvalue weighted by Crippen LogP contribution is 2.22. The van der Waals surface area contributed by atoms with E-state index in [2.05, 4.69) is 10.3 Å². The van der Waals surface area contributed by atoms with Crippen LogP contribution < -0.4 is 16.0 Å². The molecule has 3 amide bonds. The maximum absolute atomic E-state index is 13.9. The summed E-state index contributed by atoms with van der Waals surface area (Å²) in [6.07, 6.45) is 2.69. The molecule has 0 atom stereocenters. The Kier molecular flexibility index (Phi) is 3.01. The molecular weight excluding hydrogens is 227 g/mol. The summed E-state index contributed by atoms with van der Waals surface area (Å²) in [7, 11) is 0. The number of rotatable bonds is 2. The Morgan fingerprint density at radius 2 is 2.24 bits per heavy atom. The second-order valence-corrected chi connectivity index (χ2v) is 3.59. The number of aromatic nitrogens is 1. The van der Waals surface area contributed by atoms with E-state index in [1.165, 1.54) is 12.4 Å². The van der Waals surface area contributed by atoms with E-state index in [4.69, 9.17) is 5.73 Å². The molecule has 1 aromatic rings. The molecule has 0 radical (unpaired) electrons. The predicted octanol–water partition coefficient (Wildman–Crippen LogP) is 0.126. The summed E-state index contributed by atoms with van der Waals surface area (Å²) >= 11 is 0. The van der Waals surface area contributed by atoms with Crippen LogP contribution in [0.15, 0.2) is 12.4 Å². The summed E-state index contributed by atoms with van der Waals surface area (Å²) in [5, 5.41) is 2.11. The first kappa shape index (κ1) is 11.5. The third-order valence-corrected chi connectivity index (χ3v) is 2.50. The lowest BCUT2D eigenvalue weighted by molar-refractivity contribution is -0.120. The Morgan fingerprint density at radius 1 is 1.47 bits per heavy atom. The Morgan fingerprint density at radius 3 is 2.88 bits per heavy atom. The fraction of sp³-hybridized carbons (Fsp3) is 0.300. The number of carbonyl (C=O) groups excluding carboxylic acids is 2. The van der Waals surface area contributed by atoms with Crippen molar-refractivity contribution in [3.8, 4) is 0 Å². The zero-order chi connectivity index (χ0) is 12.4. The molecular formula is C10H11FN4O2. The van der Waals surface area contributed by atoms with Gasteiger partial charge < -0.3 is 5.73 Å². The van der Waals surface area contributed by atoms with Gasteiger partial charge >= 0.3 is 6.03 Å². The van der Waals surface area contributed by atoms with Crippen LogP contribution in [0.2, 0.25) is 0 Å². The van der Waals surface area contributed by atoms with E-state index in [0.29, 0.717) is 0 Å². The number of carbonyl (C=O) groups is 2. The van der Waals surface area contributed by atoms with Crippen molar-refractivity contribution in [2.75, 3.05) is 11.4 Å². The molecule has 17 heavy (non-hydrogen) atoms. The molecule has 6 nitrogen and oxygen atoms in total. The summed E-state index contributed by atoms with van der Waals surface area (Å²) in [4.78, 5) is 27.5. The van der Waals surface area contributed by atoms with E-state index in [1.807, 2.05) is 0 Å². The number of halogens is 1. The maximum Gasteiger partial charge on any atom is 0.328 e. The number of hydrogen-bond donors (Lipinski definition) is 2. The van der Waals surface area contributed by atoms with Crippen molar-refractivity contribution in [2.24, 2.45) is 5.73 Å². The zero-order valence-corrected chi connectivity index (χ0v) is 8.94. The average molecular weight is 238 g/mol. The summed E-state index contributed by atoms with van der Waals surface area (Å²) in [6, 6.07) is -0.642. The van der Waals surface area contributed by atoms with Gasteiger partial charge in [-0.15, -0.1) is 0 Å². The van der Waals surface area contributed by atoms with Gasteiger partial charge in [-0.2, -0.15) is 0 Å². The number of nitrogens with two attached hydrogens (primary N) is 1. The molecule has 0 spiro atoms. The summed E-state index contributed by atoms with van der Waals surface area (Å²) < 4.78 is 13.9. The lowest BCUT2D eigenvalue weighted by atomic mass is 10.2. The minimum Gasteiger partial charge on any atom is -0.326 e. The van der Waals surface area contributed by atoms with Gasteiger partial charge in [0, 0.05) is 31.3 Å². The van der Waals surface area contributed by atoms with Crippen molar-refractivity contribution >= 4 is 17.6 Å². The van der Waals surface area contributed by atoms with Gasteiger partial charge in [-0.3, -0.25) is 20.0 Å². The fourth-order valence-electron chi connectivity index (χ4n) is 1.60. The summed E-state index contributed by atoms with van der Waals surface area (Å²) in [5.41, 5.74) is 5.62. The molecule has 0 unspecified atom stereocenters. The van der Waals surface area contributed by atoms with Crippen molar-refractivity contribution < 1.29 is 14.0 Å². The molecule has 1 saturated heterocycles. The minimum absolute atomic E-state index is 0.00105. The molecule has 7 heteroatoms. The molecule has 2 rings (SSSR count). The van der Waals surface area contributed by atoms with Crippen molar-refractivity contribution in [3.63, 3.8) is 0 Å². The van der Waals surface area contributed by atoms with Gasteiger partial charge in [0.15, 0.2) is 5.82 Å². The van der Waals surface area contributed by atoms with Gasteiger partial charge in [0.05, 0.1) is 11.9 Å². The maximum atomic E-state index is 13.9. The molecule has 1 aliphatic rings. The number of urea groups is 1. The minimum atomic E-state index is -0.642. The first-order valence-corrected chi connectivity index (χ1v) is 5.07. The first-order valence-electron chi connectivity index (χ1n) is 5.07. The molecule has 0 saturated carbocycles. The van der Waals surface area contributed by atoms with E-state index in [1.54, 1.807) is 0 Å². The molecule has 1 aliphatic heterocycles. The highest BCUT2D eigenvalue weighted by Gasteiger charge is 2.27. The lowest BCUT2D eigenvalue weighted by Crippen LogP contribution is -2.50. The molecule has 0 bridgehead atoms. The Bertz CT molecular complexity index is 477. The third-order valence-electron chi connectivity index (χ3n) is 2.50. The van der Waals surface area contributed by atoms with E-state index in [-0.39, 0.29) is 36.7 Å². The van der Waals surface area contributed by atoms with Crippen LogP contribution in [0, 0.1) is 5.82 Å². The van der Waals surface area contributed by atoms with Crippen LogP contribution in [0.4, 0.5) is 14.9 Å². The monoisotopic (exact) mass is 238 g/mol. The molecule has 90 valence electrons. The topological polar surface area (TPSA) is 88.3 Å². The average Bonchev–Trinajstić information content (AvgIpc) is 2.30. The SMILES string of the molecule is NCc1cncc(N2CCC(=O)NC2=O)c1F. The number of pyridine rings is 1. The van der Waals surface area contributed by atoms with Crippen LogP contribution in [-0.4, -0.2) is 23.5 Å². The van der Waals surface area contributed by atoms with Gasteiger partial charge in [-0.25, -0.2) is 9.18 Å². The molecule has 1 fully saturated rings. The quantitative estimate of drug-likeness (QED) is 0.766. The van der Waals surface area contributed by atoms with E-state index in [9.17, 15) is 14.0 Å². The van der Waals surface area contributed by atoms with Gasteiger partial charge in [0.2, 0.25) is 5.91 Å². The molecule has 0 aliphatic carbocycles. The zero-order valence-electron chi connectivity index (χ0n) is 8.94. The Labute approximate surface area is 96.6 Å². The fourth-order valence-corrected chi connectivity index (χ4v) is 1.60. The van der Waals surface area contributed by atoms with E-state index in [0.717, 1.165) is 4.90 Å². The molecule has 1 aromatic heterocycles. The largest absolute Gasteiger partial charge is 0.328 e. The molecule has 0 aromatic carbocycles. The number of hydrogen-bond acceptors (Lipinski definition) is 4. The number of nitrogens with zero attached hydrogens (tertiary/aromatic N) is 2. The highest BCUT2D eigenvalue weighted by atomic mass is 19.1. The van der Waals surface area contributed by atoms with Crippen LogP contribution in [-0.2, 0) is 11.3 Å². The van der Waals surface area contributed by atoms with Gasteiger partial charge in [-0.05, 0) is 0 Å².